The predicted octanol–water partition coefficient (Wildman–Crippen LogP) is -0.0840. The first-order chi connectivity index (χ1) is 7.04. The van der Waals surface area contributed by atoms with E-state index in [2.05, 4.69) is 15.5 Å². The van der Waals surface area contributed by atoms with Crippen molar-refractivity contribution in [2.45, 2.75) is 16.5 Å². The number of nitrogens with one attached hydrogen (secondary N) is 1. The van der Waals surface area contributed by atoms with Crippen molar-refractivity contribution < 1.29 is 9.59 Å². The zero-order chi connectivity index (χ0) is 11.4. The van der Waals surface area contributed by atoms with Gasteiger partial charge in [-0.3, -0.25) is 9.59 Å². The standard InChI is InChI=1S/C7H10N4O2S2/c1-3(12)4(5(13)9-2)14-7-11-10-6(8)15-7/h4H,1-2H3,(H2,8,10)(H,9,13)/t4-/m0/s1. The molecule has 0 aliphatic rings. The number of amides is 1. The van der Waals surface area contributed by atoms with E-state index in [1.165, 1.54) is 14.0 Å². The molecule has 0 aromatic carbocycles. The van der Waals surface area contributed by atoms with Gasteiger partial charge in [0, 0.05) is 7.05 Å². The van der Waals surface area contributed by atoms with Gasteiger partial charge in [0.2, 0.25) is 11.0 Å². The molecule has 0 saturated carbocycles. The van der Waals surface area contributed by atoms with Crippen LogP contribution in [0.2, 0.25) is 0 Å². The molecular weight excluding hydrogens is 236 g/mol. The first-order valence-electron chi connectivity index (χ1n) is 4.02. The maximum Gasteiger partial charge on any atom is 0.240 e. The molecule has 1 heterocycles. The first kappa shape index (κ1) is 11.9. The van der Waals surface area contributed by atoms with E-state index >= 15 is 0 Å². The van der Waals surface area contributed by atoms with Crippen molar-refractivity contribution >= 4 is 39.9 Å². The van der Waals surface area contributed by atoms with E-state index in [-0.39, 0.29) is 11.7 Å². The Hall–Kier alpha value is -1.15. The van der Waals surface area contributed by atoms with Crippen LogP contribution in [0.25, 0.3) is 0 Å². The zero-order valence-corrected chi connectivity index (χ0v) is 9.82. The van der Waals surface area contributed by atoms with Crippen molar-refractivity contribution in [3.8, 4) is 0 Å². The first-order valence-corrected chi connectivity index (χ1v) is 5.72. The number of hydrogen-bond acceptors (Lipinski definition) is 7. The third-order valence-corrected chi connectivity index (χ3v) is 3.65. The van der Waals surface area contributed by atoms with Crippen molar-refractivity contribution in [1.82, 2.24) is 15.5 Å². The fourth-order valence-corrected chi connectivity index (χ4v) is 2.58. The predicted molar refractivity (Wildman–Crippen MR) is 58.7 cm³/mol. The second-order valence-electron chi connectivity index (χ2n) is 2.63. The fraction of sp³-hybridized carbons (Fsp3) is 0.429. The molecule has 0 bridgehead atoms. The number of hydrogen-bond donors (Lipinski definition) is 2. The molecule has 6 nitrogen and oxygen atoms in total. The van der Waals surface area contributed by atoms with Crippen LogP contribution in [0.4, 0.5) is 5.13 Å². The van der Waals surface area contributed by atoms with Crippen LogP contribution in [0.5, 0.6) is 0 Å². The van der Waals surface area contributed by atoms with Gasteiger partial charge in [0.05, 0.1) is 0 Å². The van der Waals surface area contributed by atoms with E-state index in [1.54, 1.807) is 0 Å². The molecule has 1 aromatic rings. The van der Waals surface area contributed by atoms with Gasteiger partial charge in [-0.1, -0.05) is 23.1 Å². The number of carbonyl (C=O) groups excluding carboxylic acids is 2. The van der Waals surface area contributed by atoms with Crippen LogP contribution in [0, 0.1) is 0 Å². The molecule has 1 amide bonds. The summed E-state index contributed by atoms with van der Waals surface area (Å²) < 4.78 is 0.510. The third kappa shape index (κ3) is 3.17. The summed E-state index contributed by atoms with van der Waals surface area (Å²) in [6.07, 6.45) is 0. The summed E-state index contributed by atoms with van der Waals surface area (Å²) in [5.74, 6) is -0.575. The normalized spacial score (nSPS) is 12.1. The highest BCUT2D eigenvalue weighted by Crippen LogP contribution is 2.28. The molecule has 0 radical (unpaired) electrons. The Morgan fingerprint density at radius 2 is 2.20 bits per heavy atom. The molecule has 0 aliphatic heterocycles. The summed E-state index contributed by atoms with van der Waals surface area (Å²) in [5.41, 5.74) is 5.39. The lowest BCUT2D eigenvalue weighted by atomic mass is 10.3. The SMILES string of the molecule is CNC(=O)[C@@H](Sc1nnc(N)s1)C(C)=O. The van der Waals surface area contributed by atoms with E-state index in [1.807, 2.05) is 0 Å². The van der Waals surface area contributed by atoms with Crippen molar-refractivity contribution in [3.63, 3.8) is 0 Å². The number of ketones is 1. The monoisotopic (exact) mass is 246 g/mol. The van der Waals surface area contributed by atoms with Crippen LogP contribution in [0.1, 0.15) is 6.92 Å². The maximum atomic E-state index is 11.3. The second-order valence-corrected chi connectivity index (χ2v) is 4.99. The molecule has 0 unspecified atom stereocenters. The minimum atomic E-state index is -0.789. The molecule has 8 heteroatoms. The zero-order valence-electron chi connectivity index (χ0n) is 8.18. The number of nitrogens with zero attached hydrogens (tertiary/aromatic N) is 2. The van der Waals surface area contributed by atoms with Crippen LogP contribution >= 0.6 is 23.1 Å². The van der Waals surface area contributed by atoms with Gasteiger partial charge in [-0.2, -0.15) is 0 Å². The summed E-state index contributed by atoms with van der Waals surface area (Å²) in [6, 6.07) is 0. The molecule has 0 fully saturated rings. The van der Waals surface area contributed by atoms with Crippen LogP contribution in [-0.4, -0.2) is 34.2 Å². The van der Waals surface area contributed by atoms with Gasteiger partial charge in [-0.25, -0.2) is 0 Å². The number of thioether (sulfide) groups is 1. The van der Waals surface area contributed by atoms with Crippen molar-refractivity contribution in [3.05, 3.63) is 0 Å². The minimum absolute atomic E-state index is 0.229. The average Bonchev–Trinajstić information content (AvgIpc) is 2.59. The molecule has 1 atom stereocenters. The van der Waals surface area contributed by atoms with Gasteiger partial charge in [0.25, 0.3) is 0 Å². The van der Waals surface area contributed by atoms with E-state index in [0.29, 0.717) is 9.47 Å². The molecule has 1 rings (SSSR count). The summed E-state index contributed by atoms with van der Waals surface area (Å²) in [7, 11) is 1.48. The Labute approximate surface area is 94.6 Å². The Morgan fingerprint density at radius 3 is 2.60 bits per heavy atom. The Morgan fingerprint density at radius 1 is 1.53 bits per heavy atom. The minimum Gasteiger partial charge on any atom is -0.374 e. The van der Waals surface area contributed by atoms with E-state index in [0.717, 1.165) is 23.1 Å². The average molecular weight is 246 g/mol. The van der Waals surface area contributed by atoms with E-state index in [9.17, 15) is 9.59 Å². The molecule has 0 aliphatic carbocycles. The number of rotatable bonds is 4. The van der Waals surface area contributed by atoms with Gasteiger partial charge in [-0.05, 0) is 6.92 Å². The summed E-state index contributed by atoms with van der Waals surface area (Å²) >= 11 is 2.20. The Kier molecular flexibility index (Phi) is 4.04. The topological polar surface area (TPSA) is 98.0 Å². The highest BCUT2D eigenvalue weighted by atomic mass is 32.2. The van der Waals surface area contributed by atoms with Crippen LogP contribution in [0.15, 0.2) is 4.34 Å². The molecule has 3 N–H and O–H groups in total. The summed E-state index contributed by atoms with van der Waals surface area (Å²) in [4.78, 5) is 22.5. The Balaban J connectivity index is 2.75. The highest BCUT2D eigenvalue weighted by Gasteiger charge is 2.25. The van der Waals surface area contributed by atoms with Crippen molar-refractivity contribution in [2.24, 2.45) is 0 Å². The number of aromatic nitrogens is 2. The van der Waals surface area contributed by atoms with Gasteiger partial charge in [0.15, 0.2) is 10.1 Å². The van der Waals surface area contributed by atoms with E-state index < -0.39 is 5.25 Å². The van der Waals surface area contributed by atoms with Crippen LogP contribution < -0.4 is 11.1 Å². The van der Waals surface area contributed by atoms with E-state index in [4.69, 9.17) is 5.73 Å². The lowest BCUT2D eigenvalue weighted by Crippen LogP contribution is -2.34. The van der Waals surface area contributed by atoms with Crippen molar-refractivity contribution in [2.75, 3.05) is 12.8 Å². The third-order valence-electron chi connectivity index (χ3n) is 1.49. The summed E-state index contributed by atoms with van der Waals surface area (Å²) in [5, 5.41) is 9.27. The summed E-state index contributed by atoms with van der Waals surface area (Å²) in [6.45, 7) is 1.36. The van der Waals surface area contributed by atoms with Gasteiger partial charge in [-0.15, -0.1) is 10.2 Å². The van der Waals surface area contributed by atoms with Gasteiger partial charge < -0.3 is 11.1 Å². The smallest absolute Gasteiger partial charge is 0.240 e. The maximum absolute atomic E-state index is 11.3. The molecule has 1 aromatic heterocycles. The number of Topliss-reactive ketones (excluding diaryl/α,β-unsaturated/α-hetero) is 1. The number of anilines is 1. The lowest BCUT2D eigenvalue weighted by molar-refractivity contribution is -0.126. The van der Waals surface area contributed by atoms with Crippen LogP contribution in [0.3, 0.4) is 0 Å². The number of carbonyl (C=O) groups is 2. The molecule has 15 heavy (non-hydrogen) atoms. The van der Waals surface area contributed by atoms with Gasteiger partial charge in [0.1, 0.15) is 5.25 Å². The van der Waals surface area contributed by atoms with Crippen molar-refractivity contribution in [1.29, 1.82) is 0 Å². The molecule has 0 saturated heterocycles. The quantitative estimate of drug-likeness (QED) is 0.569. The van der Waals surface area contributed by atoms with Gasteiger partial charge >= 0.3 is 0 Å². The lowest BCUT2D eigenvalue weighted by Gasteiger charge is -2.08. The number of nitrogens with two attached hydrogens (primary N) is 1. The Bertz CT molecular complexity index is 379. The molecule has 0 spiro atoms. The fourth-order valence-electron chi connectivity index (χ4n) is 0.821. The highest BCUT2D eigenvalue weighted by molar-refractivity contribution is 8.03. The molecule has 82 valence electrons. The van der Waals surface area contributed by atoms with Crippen LogP contribution in [-0.2, 0) is 9.59 Å². The molecular formula is C7H10N4O2S2. The number of nitrogen functional groups attached to an aromatic ring is 1. The largest absolute Gasteiger partial charge is 0.374 e. The second kappa shape index (κ2) is 5.08.